The Kier molecular flexibility index (Phi) is 3.38. The van der Waals surface area contributed by atoms with E-state index in [1.165, 1.54) is 0 Å². The molecule has 18 heavy (non-hydrogen) atoms. The standard InChI is InChI=1S/C12H11NO5/c14-9-6-10(15)13(11(9)16)12(17)18-7-8-4-2-1-3-5-8/h1-5,9,14H,6-7H2. The van der Waals surface area contributed by atoms with Crippen molar-refractivity contribution < 1.29 is 24.2 Å². The van der Waals surface area contributed by atoms with Crippen LogP contribution in [0.15, 0.2) is 30.3 Å². The van der Waals surface area contributed by atoms with E-state index in [1.807, 2.05) is 6.07 Å². The van der Waals surface area contributed by atoms with Gasteiger partial charge in [-0.15, -0.1) is 0 Å². The van der Waals surface area contributed by atoms with Crippen molar-refractivity contribution in [3.05, 3.63) is 35.9 Å². The Morgan fingerprint density at radius 2 is 2.00 bits per heavy atom. The second kappa shape index (κ2) is 4.97. The minimum absolute atomic E-state index is 0.0349. The molecule has 1 aromatic rings. The zero-order valence-electron chi connectivity index (χ0n) is 9.41. The van der Waals surface area contributed by atoms with Crippen molar-refractivity contribution in [2.75, 3.05) is 0 Å². The van der Waals surface area contributed by atoms with Crippen molar-refractivity contribution >= 4 is 17.9 Å². The van der Waals surface area contributed by atoms with E-state index in [2.05, 4.69) is 0 Å². The lowest BCUT2D eigenvalue weighted by Crippen LogP contribution is -2.38. The van der Waals surface area contributed by atoms with Crippen LogP contribution in [0.25, 0.3) is 0 Å². The molecule has 1 N–H and O–H groups in total. The number of rotatable bonds is 2. The molecule has 94 valence electrons. The predicted octanol–water partition coefficient (Wildman–Crippen LogP) is 0.443. The highest BCUT2D eigenvalue weighted by atomic mass is 16.6. The normalized spacial score (nSPS) is 19.2. The van der Waals surface area contributed by atoms with Gasteiger partial charge in [0.1, 0.15) is 12.7 Å². The van der Waals surface area contributed by atoms with Crippen LogP contribution in [0.1, 0.15) is 12.0 Å². The van der Waals surface area contributed by atoms with Crippen molar-refractivity contribution in [2.45, 2.75) is 19.1 Å². The zero-order chi connectivity index (χ0) is 13.1. The van der Waals surface area contributed by atoms with Gasteiger partial charge in [0.2, 0.25) is 5.91 Å². The average Bonchev–Trinajstić information content (AvgIpc) is 2.62. The second-order valence-electron chi connectivity index (χ2n) is 3.83. The molecule has 2 rings (SSSR count). The molecule has 6 nitrogen and oxygen atoms in total. The summed E-state index contributed by atoms with van der Waals surface area (Å²) >= 11 is 0. The molecule has 1 atom stereocenters. The van der Waals surface area contributed by atoms with E-state index in [4.69, 9.17) is 9.84 Å². The van der Waals surface area contributed by atoms with Gasteiger partial charge in [-0.25, -0.2) is 4.79 Å². The summed E-state index contributed by atoms with van der Waals surface area (Å²) in [5.41, 5.74) is 0.741. The highest BCUT2D eigenvalue weighted by molar-refractivity contribution is 6.15. The van der Waals surface area contributed by atoms with Crippen molar-refractivity contribution in [1.29, 1.82) is 0 Å². The first-order chi connectivity index (χ1) is 8.59. The number of aliphatic hydroxyl groups excluding tert-OH is 1. The average molecular weight is 249 g/mol. The van der Waals surface area contributed by atoms with Gasteiger partial charge in [-0.2, -0.15) is 4.90 Å². The summed E-state index contributed by atoms with van der Waals surface area (Å²) in [5, 5.41) is 9.15. The Morgan fingerprint density at radius 3 is 2.56 bits per heavy atom. The lowest BCUT2D eigenvalue weighted by molar-refractivity contribution is -0.138. The van der Waals surface area contributed by atoms with Crippen LogP contribution in [-0.4, -0.2) is 34.0 Å². The summed E-state index contributed by atoms with van der Waals surface area (Å²) in [6.07, 6.45) is -2.87. The van der Waals surface area contributed by atoms with Gasteiger partial charge < -0.3 is 9.84 Å². The molecule has 0 aromatic heterocycles. The van der Waals surface area contributed by atoms with E-state index in [0.717, 1.165) is 5.56 Å². The van der Waals surface area contributed by atoms with E-state index in [0.29, 0.717) is 4.90 Å². The number of nitrogens with zero attached hydrogens (tertiary/aromatic N) is 1. The number of hydrogen-bond acceptors (Lipinski definition) is 5. The molecule has 1 saturated heterocycles. The van der Waals surface area contributed by atoms with E-state index in [1.54, 1.807) is 24.3 Å². The Bertz CT molecular complexity index is 485. The first-order valence-corrected chi connectivity index (χ1v) is 5.35. The molecule has 0 spiro atoms. The van der Waals surface area contributed by atoms with Crippen molar-refractivity contribution in [3.63, 3.8) is 0 Å². The van der Waals surface area contributed by atoms with E-state index < -0.39 is 24.0 Å². The number of amides is 3. The molecule has 1 aliphatic heterocycles. The minimum atomic E-state index is -1.44. The maximum Gasteiger partial charge on any atom is 0.423 e. The van der Waals surface area contributed by atoms with Gasteiger partial charge in [0.15, 0.2) is 0 Å². The van der Waals surface area contributed by atoms with Gasteiger partial charge >= 0.3 is 6.09 Å². The molecule has 6 heteroatoms. The molecule has 1 aliphatic rings. The van der Waals surface area contributed by atoms with Crippen LogP contribution < -0.4 is 0 Å². The van der Waals surface area contributed by atoms with E-state index in [-0.39, 0.29) is 13.0 Å². The summed E-state index contributed by atoms with van der Waals surface area (Å²) in [6, 6.07) is 8.86. The highest BCUT2D eigenvalue weighted by Crippen LogP contribution is 2.14. The molecule has 1 aromatic carbocycles. The molecule has 0 bridgehead atoms. The van der Waals surface area contributed by atoms with Crippen LogP contribution in [0.5, 0.6) is 0 Å². The molecular weight excluding hydrogens is 238 g/mol. The summed E-state index contributed by atoms with van der Waals surface area (Å²) in [6.45, 7) is -0.0349. The Morgan fingerprint density at radius 1 is 1.33 bits per heavy atom. The fraction of sp³-hybridized carbons (Fsp3) is 0.250. The monoisotopic (exact) mass is 249 g/mol. The number of likely N-dealkylation sites (tertiary alicyclic amines) is 1. The van der Waals surface area contributed by atoms with Crippen LogP contribution in [0.3, 0.4) is 0 Å². The van der Waals surface area contributed by atoms with Crippen molar-refractivity contribution in [1.82, 2.24) is 4.90 Å². The fourth-order valence-corrected chi connectivity index (χ4v) is 1.59. The van der Waals surface area contributed by atoms with Gasteiger partial charge in [0, 0.05) is 0 Å². The molecule has 0 aliphatic carbocycles. The first kappa shape index (κ1) is 12.3. The van der Waals surface area contributed by atoms with Crippen molar-refractivity contribution in [2.24, 2.45) is 0 Å². The van der Waals surface area contributed by atoms with Gasteiger partial charge in [0.05, 0.1) is 6.42 Å². The Hall–Kier alpha value is -2.21. The quantitative estimate of drug-likeness (QED) is 0.769. The molecule has 1 heterocycles. The SMILES string of the molecule is O=C1CC(O)C(=O)N1C(=O)OCc1ccccc1. The Labute approximate surface area is 103 Å². The van der Waals surface area contributed by atoms with Gasteiger partial charge in [-0.1, -0.05) is 30.3 Å². The third-order valence-electron chi connectivity index (χ3n) is 2.51. The third kappa shape index (κ3) is 2.38. The number of aliphatic hydroxyl groups is 1. The molecule has 3 amide bonds. The lowest BCUT2D eigenvalue weighted by atomic mass is 10.2. The van der Waals surface area contributed by atoms with Crippen LogP contribution in [0.4, 0.5) is 4.79 Å². The third-order valence-corrected chi connectivity index (χ3v) is 2.51. The number of carbonyl (C=O) groups is 3. The fourth-order valence-electron chi connectivity index (χ4n) is 1.59. The molecule has 0 saturated carbocycles. The van der Waals surface area contributed by atoms with E-state index >= 15 is 0 Å². The van der Waals surface area contributed by atoms with Gasteiger partial charge in [-0.3, -0.25) is 9.59 Å². The number of hydrogen-bond donors (Lipinski definition) is 1. The molecule has 1 unspecified atom stereocenters. The van der Waals surface area contributed by atoms with Gasteiger partial charge in [0.25, 0.3) is 5.91 Å². The summed E-state index contributed by atoms with van der Waals surface area (Å²) < 4.78 is 4.84. The van der Waals surface area contributed by atoms with Crippen LogP contribution in [-0.2, 0) is 20.9 Å². The zero-order valence-corrected chi connectivity index (χ0v) is 9.41. The summed E-state index contributed by atoms with van der Waals surface area (Å²) in [5.74, 6) is -1.68. The van der Waals surface area contributed by atoms with Crippen LogP contribution in [0.2, 0.25) is 0 Å². The predicted molar refractivity (Wildman–Crippen MR) is 59.1 cm³/mol. The largest absolute Gasteiger partial charge is 0.444 e. The maximum atomic E-state index is 11.5. The highest BCUT2D eigenvalue weighted by Gasteiger charge is 2.42. The molecular formula is C12H11NO5. The minimum Gasteiger partial charge on any atom is -0.444 e. The number of imide groups is 3. The molecule has 0 radical (unpaired) electrons. The molecule has 1 fully saturated rings. The van der Waals surface area contributed by atoms with Crippen molar-refractivity contribution in [3.8, 4) is 0 Å². The Balaban J connectivity index is 1.97. The lowest BCUT2D eigenvalue weighted by Gasteiger charge is -2.12. The number of ether oxygens (including phenoxy) is 1. The number of carbonyl (C=O) groups excluding carboxylic acids is 3. The van der Waals surface area contributed by atoms with E-state index in [9.17, 15) is 14.4 Å². The van der Waals surface area contributed by atoms with Crippen LogP contribution in [0, 0.1) is 0 Å². The smallest absolute Gasteiger partial charge is 0.423 e. The topological polar surface area (TPSA) is 83.9 Å². The van der Waals surface area contributed by atoms with Crippen LogP contribution >= 0.6 is 0 Å². The number of benzene rings is 1. The first-order valence-electron chi connectivity index (χ1n) is 5.35. The summed E-state index contributed by atoms with van der Waals surface area (Å²) in [7, 11) is 0. The van der Waals surface area contributed by atoms with Gasteiger partial charge in [-0.05, 0) is 5.56 Å². The summed E-state index contributed by atoms with van der Waals surface area (Å²) in [4.78, 5) is 34.5. The second-order valence-corrected chi connectivity index (χ2v) is 3.83. The maximum absolute atomic E-state index is 11.5.